The molecule has 6 rings (SSSR count). The Balaban J connectivity index is 1.19. The van der Waals surface area contributed by atoms with Crippen LogP contribution in [0.2, 0.25) is 0 Å². The van der Waals surface area contributed by atoms with Crippen molar-refractivity contribution in [1.82, 2.24) is 19.3 Å². The van der Waals surface area contributed by atoms with Crippen molar-refractivity contribution in [2.75, 3.05) is 25.0 Å². The number of nitrogens with zero attached hydrogens (tertiary/aromatic N) is 5. The maximum atomic E-state index is 14.0. The van der Waals surface area contributed by atoms with Gasteiger partial charge in [-0.2, -0.15) is 0 Å². The summed E-state index contributed by atoms with van der Waals surface area (Å²) < 4.78 is 24.6. The van der Waals surface area contributed by atoms with Crippen LogP contribution in [-0.2, 0) is 35.1 Å². The molecule has 2 amide bonds. The molecule has 1 aliphatic heterocycles. The molecule has 0 saturated carbocycles. The monoisotopic (exact) mass is 826 g/mol. The van der Waals surface area contributed by atoms with Crippen molar-refractivity contribution in [3.05, 3.63) is 113 Å². The van der Waals surface area contributed by atoms with E-state index in [1.54, 1.807) is 48.4 Å². The van der Waals surface area contributed by atoms with Crippen LogP contribution in [-0.4, -0.2) is 91.2 Å². The Morgan fingerprint density at radius 3 is 2.14 bits per heavy atom. The van der Waals surface area contributed by atoms with Gasteiger partial charge in [-0.05, 0) is 77.1 Å². The third-order valence-corrected chi connectivity index (χ3v) is 9.27. The van der Waals surface area contributed by atoms with Gasteiger partial charge in [0.2, 0.25) is 5.71 Å². The number of carboxylic acids is 1. The molecular weight excluding hydrogens is 781 g/mol. The number of amides is 2. The van der Waals surface area contributed by atoms with E-state index >= 15 is 0 Å². The summed E-state index contributed by atoms with van der Waals surface area (Å²) in [6, 6.07) is 21.7. The number of aromatic nitrogens is 3. The van der Waals surface area contributed by atoms with Crippen molar-refractivity contribution in [2.45, 2.75) is 71.4 Å². The maximum absolute atomic E-state index is 14.0. The molecule has 17 heteroatoms. The highest BCUT2D eigenvalue weighted by molar-refractivity contribution is 7.14. The average molecular weight is 827 g/mol. The smallest absolute Gasteiger partial charge is 0.413 e. The molecule has 3 aromatic heterocycles. The van der Waals surface area contributed by atoms with E-state index in [1.165, 1.54) is 5.38 Å². The predicted octanol–water partition coefficient (Wildman–Crippen LogP) is 7.13. The Kier molecular flexibility index (Phi) is 12.8. The number of ether oxygens (including phenoxy) is 4. The number of oxime groups is 1. The number of carbonyl (C=O) groups excluding carboxylic acids is 3. The van der Waals surface area contributed by atoms with Crippen molar-refractivity contribution in [3.63, 3.8) is 0 Å². The summed E-state index contributed by atoms with van der Waals surface area (Å²) in [6.45, 7) is 11.3. The first-order chi connectivity index (χ1) is 28.0. The van der Waals surface area contributed by atoms with Gasteiger partial charge in [-0.3, -0.25) is 5.32 Å². The lowest BCUT2D eigenvalue weighted by molar-refractivity contribution is -0.163. The molecule has 5 aromatic rings. The molecule has 0 radical (unpaired) electrons. The van der Waals surface area contributed by atoms with Gasteiger partial charge in [0.25, 0.3) is 6.10 Å². The predicted molar refractivity (Wildman–Crippen MR) is 218 cm³/mol. The highest BCUT2D eigenvalue weighted by Gasteiger charge is 2.34. The van der Waals surface area contributed by atoms with Crippen LogP contribution in [0.4, 0.5) is 14.7 Å². The summed E-state index contributed by atoms with van der Waals surface area (Å²) in [6.07, 6.45) is 0.717. The zero-order chi connectivity index (χ0) is 42.3. The normalized spacial score (nSPS) is 14.0. The van der Waals surface area contributed by atoms with Gasteiger partial charge in [-0.15, -0.1) is 11.3 Å². The number of carbonyl (C=O) groups is 4. The number of aliphatic carboxylic acids is 1. The van der Waals surface area contributed by atoms with E-state index in [9.17, 15) is 24.3 Å². The van der Waals surface area contributed by atoms with Crippen molar-refractivity contribution in [3.8, 4) is 5.75 Å². The van der Waals surface area contributed by atoms with Gasteiger partial charge in [0, 0.05) is 24.7 Å². The lowest BCUT2D eigenvalue weighted by Crippen LogP contribution is -2.52. The van der Waals surface area contributed by atoms with Gasteiger partial charge in [0.1, 0.15) is 34.9 Å². The van der Waals surface area contributed by atoms with Crippen LogP contribution in [0.25, 0.3) is 5.65 Å². The Hall–Kier alpha value is -6.49. The van der Waals surface area contributed by atoms with E-state index in [0.717, 1.165) is 17.0 Å². The number of imidazole rings is 1. The number of fused-ring (bicyclic) bond motifs is 1. The third-order valence-electron chi connectivity index (χ3n) is 8.51. The van der Waals surface area contributed by atoms with Crippen molar-refractivity contribution < 1.29 is 48.1 Å². The molecule has 2 aromatic carbocycles. The number of rotatable bonds is 14. The Morgan fingerprint density at radius 2 is 1.53 bits per heavy atom. The molecule has 0 aliphatic carbocycles. The van der Waals surface area contributed by atoms with Gasteiger partial charge < -0.3 is 38.2 Å². The quantitative estimate of drug-likeness (QED) is 0.0499. The Morgan fingerprint density at radius 1 is 0.881 bits per heavy atom. The second kappa shape index (κ2) is 18.0. The number of carboxylic acid groups (broad SMARTS) is 1. The van der Waals surface area contributed by atoms with Gasteiger partial charge >= 0.3 is 24.1 Å². The average Bonchev–Trinajstić information content (AvgIpc) is 3.78. The lowest BCUT2D eigenvalue weighted by atomic mass is 9.95. The second-order valence-electron chi connectivity index (χ2n) is 15.8. The van der Waals surface area contributed by atoms with Crippen LogP contribution in [0.5, 0.6) is 5.75 Å². The molecule has 1 aliphatic rings. The van der Waals surface area contributed by atoms with Crippen LogP contribution in [0.3, 0.4) is 0 Å². The molecule has 1 fully saturated rings. The van der Waals surface area contributed by atoms with E-state index < -0.39 is 53.8 Å². The fourth-order valence-corrected chi connectivity index (χ4v) is 6.59. The van der Waals surface area contributed by atoms with Crippen LogP contribution in [0.15, 0.2) is 95.7 Å². The van der Waals surface area contributed by atoms with E-state index in [1.807, 2.05) is 87.6 Å². The summed E-state index contributed by atoms with van der Waals surface area (Å²) in [7, 11) is 0. The number of likely N-dealkylation sites (tertiary alicyclic amines) is 1. The Labute approximate surface area is 344 Å². The topological polar surface area (TPSA) is 192 Å². The van der Waals surface area contributed by atoms with Crippen molar-refractivity contribution in [2.24, 2.45) is 11.1 Å². The van der Waals surface area contributed by atoms with Crippen LogP contribution in [0.1, 0.15) is 70.2 Å². The standard InChI is InChI=1S/C42H46N6O10S/c1-41(2,3)56-39(52)45-38-44-31(25-59-38)34(36(49)50)46-58-32(37(51)55-35(27-13-9-7-10-14-27)28-15-11-8-12-16-28)24-54-30-17-18-33-43-29(22-47(33)23-30)19-26-20-48(21-26)40(53)57-42(4,5)6/h7-18,22-23,25-26,32,35H,19-21,24H2,1-6H3,(H,49,50)(H,44,45,52)/b46-34-. The second-order valence-corrected chi connectivity index (χ2v) is 16.6. The van der Waals surface area contributed by atoms with E-state index in [0.29, 0.717) is 42.0 Å². The first-order valence-corrected chi connectivity index (χ1v) is 19.7. The van der Waals surface area contributed by atoms with Crippen molar-refractivity contribution in [1.29, 1.82) is 0 Å². The number of anilines is 1. The Bertz CT molecular complexity index is 2250. The summed E-state index contributed by atoms with van der Waals surface area (Å²) in [5.74, 6) is -1.80. The molecule has 0 spiro atoms. The minimum Gasteiger partial charge on any atom is -0.487 e. The number of pyridine rings is 1. The minimum atomic E-state index is -1.56. The van der Waals surface area contributed by atoms with Gasteiger partial charge in [-0.25, -0.2) is 29.1 Å². The molecule has 1 unspecified atom stereocenters. The zero-order valence-electron chi connectivity index (χ0n) is 33.5. The molecule has 310 valence electrons. The number of thiazole rings is 1. The maximum Gasteiger partial charge on any atom is 0.413 e. The molecule has 2 N–H and O–H groups in total. The van der Waals surface area contributed by atoms with Gasteiger partial charge in [-0.1, -0.05) is 65.8 Å². The highest BCUT2D eigenvalue weighted by Crippen LogP contribution is 2.28. The van der Waals surface area contributed by atoms with Crippen molar-refractivity contribution >= 4 is 52.0 Å². The van der Waals surface area contributed by atoms with E-state index in [-0.39, 0.29) is 22.8 Å². The van der Waals surface area contributed by atoms with Crippen LogP contribution in [0, 0.1) is 5.92 Å². The van der Waals surface area contributed by atoms with Gasteiger partial charge in [0.15, 0.2) is 11.2 Å². The molecule has 0 bridgehead atoms. The number of nitrogens with one attached hydrogen (secondary N) is 1. The number of hydrogen-bond donors (Lipinski definition) is 2. The molecule has 16 nitrogen and oxygen atoms in total. The van der Waals surface area contributed by atoms with Crippen LogP contribution >= 0.6 is 11.3 Å². The first kappa shape index (κ1) is 42.1. The molecule has 1 atom stereocenters. The molecule has 4 heterocycles. The third kappa shape index (κ3) is 11.8. The van der Waals surface area contributed by atoms with Crippen LogP contribution < -0.4 is 10.1 Å². The minimum absolute atomic E-state index is 0.0598. The first-order valence-electron chi connectivity index (χ1n) is 18.8. The SMILES string of the molecule is CC(C)(C)OC(=O)Nc1nc(/C(=N/OC(COc2ccc3nc(CC4CN(C(=O)OC(C)(C)C)C4)cn3c2)C(=O)OC(c2ccccc2)c2ccccc2)C(=O)O)cs1. The number of esters is 1. The number of hydrogen-bond acceptors (Lipinski definition) is 13. The van der Waals surface area contributed by atoms with E-state index in [4.69, 9.17) is 28.8 Å². The van der Waals surface area contributed by atoms with E-state index in [2.05, 4.69) is 15.5 Å². The zero-order valence-corrected chi connectivity index (χ0v) is 34.3. The lowest BCUT2D eigenvalue weighted by Gasteiger charge is -2.39. The summed E-state index contributed by atoms with van der Waals surface area (Å²) in [5.41, 5.74) is 0.777. The number of benzene rings is 2. The molecule has 59 heavy (non-hydrogen) atoms. The largest absolute Gasteiger partial charge is 0.487 e. The summed E-state index contributed by atoms with van der Waals surface area (Å²) in [4.78, 5) is 67.2. The fraction of sp³-hybridized carbons (Fsp3) is 0.357. The molecular formula is C42H46N6O10S. The van der Waals surface area contributed by atoms with Gasteiger partial charge in [0.05, 0.1) is 11.9 Å². The summed E-state index contributed by atoms with van der Waals surface area (Å²) >= 11 is 0.947. The highest BCUT2D eigenvalue weighted by atomic mass is 32.1. The summed E-state index contributed by atoms with van der Waals surface area (Å²) in [5, 5.41) is 17.8. The molecule has 1 saturated heterocycles. The fourth-order valence-electron chi connectivity index (χ4n) is 5.91.